The number of alkyl halides is 2. The molecular formula is C21H24F4O2. The van der Waals surface area contributed by atoms with Gasteiger partial charge in [0.1, 0.15) is 12.4 Å². The van der Waals surface area contributed by atoms with E-state index in [0.29, 0.717) is 0 Å². The minimum Gasteiger partial charge on any atom is -0.461 e. The van der Waals surface area contributed by atoms with Crippen molar-refractivity contribution in [2.24, 2.45) is 17.8 Å². The van der Waals surface area contributed by atoms with E-state index in [9.17, 15) is 22.4 Å². The second kappa shape index (κ2) is 8.72. The largest absolute Gasteiger partial charge is 0.461 e. The Morgan fingerprint density at radius 2 is 1.89 bits per heavy atom. The van der Waals surface area contributed by atoms with Gasteiger partial charge in [0, 0.05) is 5.92 Å². The number of carbonyl (C=O) groups is 1. The molecule has 2 rings (SSSR count). The lowest BCUT2D eigenvalue weighted by atomic mass is 9.80. The molecule has 6 heteroatoms. The van der Waals surface area contributed by atoms with Crippen LogP contribution in [-0.4, -0.2) is 11.9 Å². The highest BCUT2D eigenvalue weighted by molar-refractivity contribution is 5.72. The van der Waals surface area contributed by atoms with E-state index < -0.39 is 47.7 Å². The summed E-state index contributed by atoms with van der Waals surface area (Å²) in [5.41, 5.74) is 0.734. The number of allylic oxidation sites excluding steroid dienone is 4. The predicted octanol–water partition coefficient (Wildman–Crippen LogP) is 6.14. The first-order chi connectivity index (χ1) is 12.6. The van der Waals surface area contributed by atoms with Gasteiger partial charge in [0.25, 0.3) is 5.92 Å². The van der Waals surface area contributed by atoms with E-state index in [-0.39, 0.29) is 18.6 Å². The average molecular weight is 384 g/mol. The molecule has 148 valence electrons. The van der Waals surface area contributed by atoms with Crippen LogP contribution in [0.3, 0.4) is 0 Å². The van der Waals surface area contributed by atoms with E-state index in [0.717, 1.165) is 5.56 Å². The van der Waals surface area contributed by atoms with Crippen molar-refractivity contribution in [1.29, 1.82) is 0 Å². The van der Waals surface area contributed by atoms with Crippen LogP contribution in [0.25, 0.3) is 0 Å². The lowest BCUT2D eigenvalue weighted by molar-refractivity contribution is -0.160. The topological polar surface area (TPSA) is 26.3 Å². The summed E-state index contributed by atoms with van der Waals surface area (Å²) < 4.78 is 62.5. The zero-order valence-electron chi connectivity index (χ0n) is 15.6. The van der Waals surface area contributed by atoms with Gasteiger partial charge in [-0.2, -0.15) is 0 Å². The highest BCUT2D eigenvalue weighted by Gasteiger charge is 2.47. The summed E-state index contributed by atoms with van der Waals surface area (Å²) in [6.45, 7) is 4.32. The Bertz CT molecular complexity index is 725. The molecule has 0 aliphatic heterocycles. The zero-order chi connectivity index (χ0) is 20.2. The number of hydrogen-bond donors (Lipinski definition) is 0. The van der Waals surface area contributed by atoms with Crippen molar-refractivity contribution in [2.45, 2.75) is 46.1 Å². The maximum absolute atomic E-state index is 14.7. The van der Waals surface area contributed by atoms with E-state index in [1.807, 2.05) is 6.07 Å². The van der Waals surface area contributed by atoms with Crippen molar-refractivity contribution in [2.75, 3.05) is 0 Å². The zero-order valence-corrected chi connectivity index (χ0v) is 15.6. The van der Waals surface area contributed by atoms with Gasteiger partial charge in [-0.15, -0.1) is 0 Å². The van der Waals surface area contributed by atoms with Gasteiger partial charge in [-0.3, -0.25) is 4.79 Å². The monoisotopic (exact) mass is 384 g/mol. The van der Waals surface area contributed by atoms with Gasteiger partial charge in [-0.25, -0.2) is 17.6 Å². The molecule has 0 bridgehead atoms. The molecule has 0 radical (unpaired) electrons. The minimum atomic E-state index is -3.57. The first kappa shape index (κ1) is 21.2. The molecule has 0 N–H and O–H groups in total. The summed E-state index contributed by atoms with van der Waals surface area (Å²) in [4.78, 5) is 12.4. The van der Waals surface area contributed by atoms with Crippen LogP contribution < -0.4 is 0 Å². The summed E-state index contributed by atoms with van der Waals surface area (Å²) >= 11 is 0. The molecule has 0 spiro atoms. The molecule has 0 fully saturated rings. The van der Waals surface area contributed by atoms with Crippen LogP contribution >= 0.6 is 0 Å². The van der Waals surface area contributed by atoms with Crippen LogP contribution in [0.1, 0.15) is 39.2 Å². The SMILES string of the molecule is CC1=CC(C)CC(C(C)C(=O)OCc2ccccc2)C(F)(F)CC(F)=C1F. The maximum Gasteiger partial charge on any atom is 0.309 e. The lowest BCUT2D eigenvalue weighted by Gasteiger charge is -2.31. The summed E-state index contributed by atoms with van der Waals surface area (Å²) in [6, 6.07) is 8.87. The molecule has 0 amide bonds. The molecule has 0 saturated heterocycles. The van der Waals surface area contributed by atoms with Crippen molar-refractivity contribution in [3.8, 4) is 0 Å². The molecule has 0 aromatic heterocycles. The maximum atomic E-state index is 14.7. The first-order valence-corrected chi connectivity index (χ1v) is 8.93. The number of esters is 1. The van der Waals surface area contributed by atoms with Gasteiger partial charge in [-0.05, 0) is 30.4 Å². The van der Waals surface area contributed by atoms with Crippen LogP contribution in [0.2, 0.25) is 0 Å². The Morgan fingerprint density at radius 3 is 2.52 bits per heavy atom. The van der Waals surface area contributed by atoms with Gasteiger partial charge < -0.3 is 4.74 Å². The van der Waals surface area contributed by atoms with Crippen molar-refractivity contribution < 1.29 is 27.1 Å². The van der Waals surface area contributed by atoms with Crippen LogP contribution in [0.15, 0.2) is 53.6 Å². The quantitative estimate of drug-likeness (QED) is 0.460. The smallest absolute Gasteiger partial charge is 0.309 e. The van der Waals surface area contributed by atoms with Gasteiger partial charge in [0.15, 0.2) is 5.83 Å². The van der Waals surface area contributed by atoms with Crippen LogP contribution in [0.4, 0.5) is 17.6 Å². The van der Waals surface area contributed by atoms with E-state index >= 15 is 0 Å². The molecular weight excluding hydrogens is 360 g/mol. The van der Waals surface area contributed by atoms with Crippen molar-refractivity contribution in [3.05, 3.63) is 59.2 Å². The Kier molecular flexibility index (Phi) is 6.84. The minimum absolute atomic E-state index is 0.00393. The molecule has 0 saturated carbocycles. The fourth-order valence-electron chi connectivity index (χ4n) is 3.36. The van der Waals surface area contributed by atoms with Gasteiger partial charge in [-0.1, -0.05) is 50.3 Å². The second-order valence-electron chi connectivity index (χ2n) is 7.21. The molecule has 1 aromatic rings. The standard InChI is InChI=1S/C21H24F4O2/c1-13-9-14(2)19(23)18(22)11-21(24,25)17(10-13)15(3)20(26)27-12-16-7-5-4-6-8-16/h4-9,13,15,17H,10-12H2,1-3H3. The fourth-order valence-corrected chi connectivity index (χ4v) is 3.36. The van der Waals surface area contributed by atoms with Crippen LogP contribution in [0, 0.1) is 17.8 Å². The van der Waals surface area contributed by atoms with Crippen LogP contribution in [0.5, 0.6) is 0 Å². The summed E-state index contributed by atoms with van der Waals surface area (Å²) in [5, 5.41) is 0. The second-order valence-corrected chi connectivity index (χ2v) is 7.21. The van der Waals surface area contributed by atoms with E-state index in [4.69, 9.17) is 4.74 Å². The molecule has 3 unspecified atom stereocenters. The Balaban J connectivity index is 2.19. The molecule has 3 atom stereocenters. The number of hydrogen-bond acceptors (Lipinski definition) is 2. The van der Waals surface area contributed by atoms with Crippen molar-refractivity contribution in [1.82, 2.24) is 0 Å². The number of ether oxygens (including phenoxy) is 1. The Labute approximate surface area is 156 Å². The van der Waals surface area contributed by atoms with Gasteiger partial charge in [0.2, 0.25) is 0 Å². The molecule has 27 heavy (non-hydrogen) atoms. The molecule has 1 aliphatic rings. The first-order valence-electron chi connectivity index (χ1n) is 8.93. The Hall–Kier alpha value is -2.11. The van der Waals surface area contributed by atoms with E-state index in [2.05, 4.69) is 0 Å². The molecule has 0 heterocycles. The highest BCUT2D eigenvalue weighted by Crippen LogP contribution is 2.43. The lowest BCUT2D eigenvalue weighted by Crippen LogP contribution is -2.38. The van der Waals surface area contributed by atoms with Gasteiger partial charge in [0.05, 0.1) is 12.3 Å². The third-order valence-electron chi connectivity index (χ3n) is 4.88. The molecule has 1 aliphatic carbocycles. The summed E-state index contributed by atoms with van der Waals surface area (Å²) in [6.07, 6.45) is -0.0183. The third-order valence-corrected chi connectivity index (χ3v) is 4.88. The van der Waals surface area contributed by atoms with Gasteiger partial charge >= 0.3 is 5.97 Å². The van der Waals surface area contributed by atoms with Crippen molar-refractivity contribution >= 4 is 5.97 Å². The molecule has 1 aromatic carbocycles. The normalized spacial score (nSPS) is 24.3. The van der Waals surface area contributed by atoms with E-state index in [1.54, 1.807) is 31.2 Å². The number of halogens is 4. The number of benzene rings is 1. The number of carbonyl (C=O) groups excluding carboxylic acids is 1. The van der Waals surface area contributed by atoms with E-state index in [1.165, 1.54) is 19.9 Å². The third kappa shape index (κ3) is 5.44. The average Bonchev–Trinajstić information content (AvgIpc) is 2.64. The van der Waals surface area contributed by atoms with Crippen molar-refractivity contribution in [3.63, 3.8) is 0 Å². The summed E-state index contributed by atoms with van der Waals surface area (Å²) in [5.74, 6) is -10.1. The fraction of sp³-hybridized carbons (Fsp3) is 0.476. The van der Waals surface area contributed by atoms with Crippen LogP contribution in [-0.2, 0) is 16.1 Å². The Morgan fingerprint density at radius 1 is 1.26 bits per heavy atom. The number of rotatable bonds is 4. The predicted molar refractivity (Wildman–Crippen MR) is 95.2 cm³/mol. The molecule has 2 nitrogen and oxygen atoms in total. The highest BCUT2D eigenvalue weighted by atomic mass is 19.3. The summed E-state index contributed by atoms with van der Waals surface area (Å²) in [7, 11) is 0.